The van der Waals surface area contributed by atoms with Crippen LogP contribution >= 0.6 is 35.2 Å². The van der Waals surface area contributed by atoms with E-state index in [1.807, 2.05) is 19.1 Å². The zero-order valence-corrected chi connectivity index (χ0v) is 9.77. The number of halogens is 2. The van der Waals surface area contributed by atoms with Gasteiger partial charge >= 0.3 is 0 Å². The summed E-state index contributed by atoms with van der Waals surface area (Å²) in [7, 11) is 0. The maximum absolute atomic E-state index is 13.2. The zero-order valence-electron chi connectivity index (χ0n) is 7.38. The molecular weight excluding hydrogens is 241 g/mol. The van der Waals surface area contributed by atoms with Crippen LogP contribution in [0.5, 0.6) is 0 Å². The van der Waals surface area contributed by atoms with Crippen LogP contribution in [0.3, 0.4) is 0 Å². The standard InChI is InChI=1S/C9H7ClFNS2/c1-2-3-4-6-7(10)8(12-5-13)9(11)14-6/h2-3H,4H2,1H3/b3-2+. The minimum Gasteiger partial charge on any atom is -0.193 e. The van der Waals surface area contributed by atoms with Crippen molar-refractivity contribution in [1.29, 1.82) is 0 Å². The lowest BCUT2D eigenvalue weighted by molar-refractivity contribution is 0.659. The SMILES string of the molecule is C/C=C/Cc1sc(F)c(N=C=S)c1Cl. The highest BCUT2D eigenvalue weighted by atomic mass is 35.5. The summed E-state index contributed by atoms with van der Waals surface area (Å²) in [5, 5.41) is 2.03. The van der Waals surface area contributed by atoms with Crippen LogP contribution in [0, 0.1) is 5.13 Å². The molecule has 1 aromatic heterocycles. The summed E-state index contributed by atoms with van der Waals surface area (Å²) in [6.07, 6.45) is 4.40. The van der Waals surface area contributed by atoms with E-state index in [0.717, 1.165) is 16.2 Å². The molecule has 74 valence electrons. The lowest BCUT2D eigenvalue weighted by atomic mass is 10.3. The van der Waals surface area contributed by atoms with E-state index >= 15 is 0 Å². The molecule has 1 nitrogen and oxygen atoms in total. The van der Waals surface area contributed by atoms with Gasteiger partial charge in [0, 0.05) is 11.3 Å². The van der Waals surface area contributed by atoms with Crippen LogP contribution in [0.1, 0.15) is 11.8 Å². The summed E-state index contributed by atoms with van der Waals surface area (Å²) in [6, 6.07) is 0. The van der Waals surface area contributed by atoms with Crippen molar-refractivity contribution in [3.8, 4) is 0 Å². The number of thiocarbonyl (C=S) groups is 1. The molecule has 0 aliphatic rings. The highest BCUT2D eigenvalue weighted by Crippen LogP contribution is 2.38. The molecule has 0 saturated carbocycles. The molecule has 0 amide bonds. The summed E-state index contributed by atoms with van der Waals surface area (Å²) in [6.45, 7) is 1.90. The summed E-state index contributed by atoms with van der Waals surface area (Å²) < 4.78 is 13.2. The zero-order chi connectivity index (χ0) is 10.6. The van der Waals surface area contributed by atoms with Gasteiger partial charge in [-0.3, -0.25) is 0 Å². The molecule has 0 aliphatic heterocycles. The third-order valence-corrected chi connectivity index (χ3v) is 3.15. The molecular formula is C9H7ClFNS2. The topological polar surface area (TPSA) is 12.4 Å². The third-order valence-electron chi connectivity index (χ3n) is 1.55. The van der Waals surface area contributed by atoms with Gasteiger partial charge in [-0.05, 0) is 19.1 Å². The van der Waals surface area contributed by atoms with Gasteiger partial charge in [-0.2, -0.15) is 9.38 Å². The molecule has 0 fully saturated rings. The molecule has 0 radical (unpaired) electrons. The number of rotatable bonds is 3. The summed E-state index contributed by atoms with van der Waals surface area (Å²) in [4.78, 5) is 4.33. The number of hydrogen-bond donors (Lipinski definition) is 0. The first-order valence-electron chi connectivity index (χ1n) is 3.86. The summed E-state index contributed by atoms with van der Waals surface area (Å²) >= 11 is 11.3. The molecule has 5 heteroatoms. The first-order chi connectivity index (χ1) is 6.70. The van der Waals surface area contributed by atoms with E-state index in [0.29, 0.717) is 11.4 Å². The molecule has 0 saturated heterocycles. The molecule has 1 rings (SSSR count). The second kappa shape index (κ2) is 5.37. The van der Waals surface area contributed by atoms with Crippen LogP contribution < -0.4 is 0 Å². The fraction of sp³-hybridized carbons (Fsp3) is 0.222. The van der Waals surface area contributed by atoms with E-state index in [1.165, 1.54) is 0 Å². The van der Waals surface area contributed by atoms with Crippen molar-refractivity contribution in [3.05, 3.63) is 27.2 Å². The van der Waals surface area contributed by atoms with Crippen LogP contribution in [-0.2, 0) is 6.42 Å². The maximum Gasteiger partial charge on any atom is 0.204 e. The Morgan fingerprint density at radius 2 is 2.43 bits per heavy atom. The van der Waals surface area contributed by atoms with Crippen molar-refractivity contribution in [1.82, 2.24) is 0 Å². The van der Waals surface area contributed by atoms with Gasteiger partial charge in [-0.15, -0.1) is 11.3 Å². The Morgan fingerprint density at radius 1 is 1.71 bits per heavy atom. The number of aliphatic imine (C=N–C) groups is 1. The van der Waals surface area contributed by atoms with Crippen molar-refractivity contribution in [2.45, 2.75) is 13.3 Å². The van der Waals surface area contributed by atoms with E-state index in [9.17, 15) is 4.39 Å². The molecule has 0 atom stereocenters. The monoisotopic (exact) mass is 247 g/mol. The lowest BCUT2D eigenvalue weighted by Crippen LogP contribution is -1.73. The Bertz CT molecular complexity index is 405. The third kappa shape index (κ3) is 2.49. The number of hydrogen-bond acceptors (Lipinski definition) is 3. The van der Waals surface area contributed by atoms with Crippen LogP contribution in [-0.4, -0.2) is 5.16 Å². The normalized spacial score (nSPS) is 10.5. The number of isothiocyanates is 1. The molecule has 0 bridgehead atoms. The van der Waals surface area contributed by atoms with Crippen LogP contribution in [0.4, 0.5) is 10.1 Å². The van der Waals surface area contributed by atoms with Gasteiger partial charge in [-0.25, -0.2) is 0 Å². The van der Waals surface area contributed by atoms with Gasteiger partial charge in [0.2, 0.25) is 5.13 Å². The Hall–Kier alpha value is -0.540. The van der Waals surface area contributed by atoms with Crippen molar-refractivity contribution >= 4 is 46.0 Å². The van der Waals surface area contributed by atoms with E-state index in [1.54, 1.807) is 0 Å². The second-order valence-electron chi connectivity index (χ2n) is 2.44. The minimum absolute atomic E-state index is 0.103. The number of allylic oxidation sites excluding steroid dienone is 2. The van der Waals surface area contributed by atoms with Gasteiger partial charge in [-0.1, -0.05) is 23.8 Å². The maximum atomic E-state index is 13.2. The summed E-state index contributed by atoms with van der Waals surface area (Å²) in [5.74, 6) is 0. The van der Waals surface area contributed by atoms with Gasteiger partial charge in [0.15, 0.2) is 0 Å². The van der Waals surface area contributed by atoms with Crippen LogP contribution in [0.2, 0.25) is 5.02 Å². The van der Waals surface area contributed by atoms with Crippen molar-refractivity contribution in [3.63, 3.8) is 0 Å². The highest BCUT2D eigenvalue weighted by molar-refractivity contribution is 7.78. The first kappa shape index (κ1) is 11.5. The Kier molecular flexibility index (Phi) is 4.42. The Morgan fingerprint density at radius 3 is 3.00 bits per heavy atom. The summed E-state index contributed by atoms with van der Waals surface area (Å²) in [5.41, 5.74) is 0.103. The van der Waals surface area contributed by atoms with E-state index in [2.05, 4.69) is 22.4 Å². The lowest BCUT2D eigenvalue weighted by Gasteiger charge is -1.90. The smallest absolute Gasteiger partial charge is 0.193 e. The van der Waals surface area contributed by atoms with Gasteiger partial charge in [0.25, 0.3) is 0 Å². The predicted molar refractivity (Wildman–Crippen MR) is 62.5 cm³/mol. The minimum atomic E-state index is -0.410. The van der Waals surface area contributed by atoms with E-state index in [4.69, 9.17) is 11.6 Å². The van der Waals surface area contributed by atoms with Gasteiger partial charge in [0.05, 0.1) is 10.2 Å². The van der Waals surface area contributed by atoms with Crippen molar-refractivity contribution in [2.75, 3.05) is 0 Å². The Balaban J connectivity index is 3.09. The number of nitrogens with zero attached hydrogens (tertiary/aromatic N) is 1. The van der Waals surface area contributed by atoms with Gasteiger partial charge in [0.1, 0.15) is 5.69 Å². The van der Waals surface area contributed by atoms with Gasteiger partial charge < -0.3 is 0 Å². The Labute approximate surface area is 95.9 Å². The average Bonchev–Trinajstić information content (AvgIpc) is 2.43. The van der Waals surface area contributed by atoms with Crippen molar-refractivity contribution in [2.24, 2.45) is 4.99 Å². The molecule has 14 heavy (non-hydrogen) atoms. The van der Waals surface area contributed by atoms with Crippen LogP contribution in [0.15, 0.2) is 17.1 Å². The van der Waals surface area contributed by atoms with Crippen LogP contribution in [0.25, 0.3) is 0 Å². The van der Waals surface area contributed by atoms with E-state index < -0.39 is 5.13 Å². The predicted octanol–water partition coefficient (Wildman–Crippen LogP) is 4.39. The molecule has 0 unspecified atom stereocenters. The van der Waals surface area contributed by atoms with E-state index in [-0.39, 0.29) is 5.69 Å². The fourth-order valence-electron chi connectivity index (χ4n) is 0.914. The number of thiophene rings is 1. The van der Waals surface area contributed by atoms with Crippen molar-refractivity contribution < 1.29 is 4.39 Å². The molecule has 1 aromatic rings. The largest absolute Gasteiger partial charge is 0.204 e. The molecule has 1 heterocycles. The average molecular weight is 248 g/mol. The quantitative estimate of drug-likeness (QED) is 0.438. The second-order valence-corrected chi connectivity index (χ2v) is 4.05. The molecule has 0 aromatic carbocycles. The molecule has 0 aliphatic carbocycles. The highest BCUT2D eigenvalue weighted by Gasteiger charge is 2.14. The first-order valence-corrected chi connectivity index (χ1v) is 5.46. The fourth-order valence-corrected chi connectivity index (χ4v) is 2.21. The molecule has 0 N–H and O–H groups in total. The molecule has 0 spiro atoms.